The topological polar surface area (TPSA) is 54.4 Å². The summed E-state index contributed by atoms with van der Waals surface area (Å²) in [5.74, 6) is -6.02. The summed E-state index contributed by atoms with van der Waals surface area (Å²) >= 11 is 0. The van der Waals surface area contributed by atoms with E-state index in [0.717, 1.165) is 17.6 Å². The summed E-state index contributed by atoms with van der Waals surface area (Å²) in [7, 11) is 0. The van der Waals surface area contributed by atoms with E-state index in [1.165, 1.54) is 6.08 Å². The van der Waals surface area contributed by atoms with Crippen LogP contribution in [0.4, 0.5) is 13.2 Å². The van der Waals surface area contributed by atoms with E-state index in [2.05, 4.69) is 0 Å². The molecule has 1 unspecified atom stereocenters. The third-order valence-corrected chi connectivity index (χ3v) is 2.69. The number of alkyl halides is 3. The van der Waals surface area contributed by atoms with Crippen molar-refractivity contribution in [2.75, 3.05) is 0 Å². The Morgan fingerprint density at radius 3 is 2.10 bits per heavy atom. The Balaban J connectivity index is 4.67. The molecule has 0 aliphatic rings. The highest BCUT2D eigenvalue weighted by Crippen LogP contribution is 2.24. The molecule has 0 radical (unpaired) electrons. The van der Waals surface area contributed by atoms with Crippen LogP contribution < -0.4 is 0 Å². The van der Waals surface area contributed by atoms with Crippen LogP contribution in [0, 0.1) is 5.92 Å². The summed E-state index contributed by atoms with van der Waals surface area (Å²) in [4.78, 5) is 21.7. The molecule has 0 amide bonds. The minimum atomic E-state index is -5.12. The Hall–Kier alpha value is -1.59. The molecule has 1 N–H and O–H groups in total. The zero-order valence-electron chi connectivity index (χ0n) is 11.8. The van der Waals surface area contributed by atoms with Crippen LogP contribution >= 0.6 is 0 Å². The zero-order valence-corrected chi connectivity index (χ0v) is 11.8. The van der Waals surface area contributed by atoms with Gasteiger partial charge in [0.15, 0.2) is 0 Å². The van der Waals surface area contributed by atoms with Crippen molar-refractivity contribution in [3.63, 3.8) is 0 Å². The van der Waals surface area contributed by atoms with E-state index < -0.39 is 30.3 Å². The summed E-state index contributed by atoms with van der Waals surface area (Å²) < 4.78 is 36.7. The van der Waals surface area contributed by atoms with Crippen LogP contribution in [0.1, 0.15) is 40.0 Å². The van der Waals surface area contributed by atoms with Crippen molar-refractivity contribution < 1.29 is 27.9 Å². The fourth-order valence-corrected chi connectivity index (χ4v) is 1.53. The third kappa shape index (κ3) is 7.11. The van der Waals surface area contributed by atoms with E-state index in [0.29, 0.717) is 6.42 Å². The minimum Gasteiger partial charge on any atom is -0.481 e. The van der Waals surface area contributed by atoms with E-state index in [-0.39, 0.29) is 0 Å². The number of carbonyl (C=O) groups excluding carboxylic acids is 1. The van der Waals surface area contributed by atoms with E-state index in [4.69, 9.17) is 5.11 Å². The minimum absolute atomic E-state index is 0.436. The Morgan fingerprint density at radius 2 is 1.70 bits per heavy atom. The number of carbonyl (C=O) groups is 2. The molecule has 0 aliphatic carbocycles. The van der Waals surface area contributed by atoms with Gasteiger partial charge in [0, 0.05) is 0 Å². The zero-order chi connectivity index (χ0) is 15.9. The first-order valence-electron chi connectivity index (χ1n) is 6.18. The summed E-state index contributed by atoms with van der Waals surface area (Å²) in [6.45, 7) is 5.57. The maximum atomic E-state index is 12.2. The standard InChI is InChI=1S/C14H19F3O3/c1-9(2)5-4-6-10(3)7-8-11(13(19)20)12(18)14(15,16)17/h5,7,11H,4,6,8H2,1-3H3,(H,19,20). The number of carboxylic acid groups (broad SMARTS) is 1. The molecule has 0 aromatic rings. The van der Waals surface area contributed by atoms with Crippen LogP contribution in [0.15, 0.2) is 23.3 Å². The molecule has 114 valence electrons. The van der Waals surface area contributed by atoms with Gasteiger partial charge in [-0.3, -0.25) is 9.59 Å². The number of hydrogen-bond acceptors (Lipinski definition) is 2. The Morgan fingerprint density at radius 1 is 1.15 bits per heavy atom. The van der Waals surface area contributed by atoms with Crippen LogP contribution in [-0.2, 0) is 9.59 Å². The lowest BCUT2D eigenvalue weighted by atomic mass is 9.97. The highest BCUT2D eigenvalue weighted by atomic mass is 19.4. The van der Waals surface area contributed by atoms with E-state index in [9.17, 15) is 22.8 Å². The van der Waals surface area contributed by atoms with Crippen molar-refractivity contribution in [2.24, 2.45) is 5.92 Å². The number of hydrogen-bond donors (Lipinski definition) is 1. The van der Waals surface area contributed by atoms with Gasteiger partial charge in [-0.2, -0.15) is 13.2 Å². The van der Waals surface area contributed by atoms with Crippen molar-refractivity contribution >= 4 is 11.8 Å². The van der Waals surface area contributed by atoms with Crippen LogP contribution in [0.2, 0.25) is 0 Å². The fraction of sp³-hybridized carbons (Fsp3) is 0.571. The summed E-state index contributed by atoms with van der Waals surface area (Å²) in [5, 5.41) is 8.71. The number of allylic oxidation sites excluding steroid dienone is 4. The first-order chi connectivity index (χ1) is 9.05. The first-order valence-corrected chi connectivity index (χ1v) is 6.18. The molecule has 0 spiro atoms. The Labute approximate surface area is 116 Å². The van der Waals surface area contributed by atoms with Gasteiger partial charge in [0.05, 0.1) is 0 Å². The smallest absolute Gasteiger partial charge is 0.450 e. The van der Waals surface area contributed by atoms with Gasteiger partial charge in [-0.1, -0.05) is 23.3 Å². The SMILES string of the molecule is CC(C)=CCCC(C)=CCC(C(=O)O)C(=O)C(F)(F)F. The first kappa shape index (κ1) is 18.4. The molecular formula is C14H19F3O3. The quantitative estimate of drug-likeness (QED) is 0.572. The Kier molecular flexibility index (Phi) is 7.24. The lowest BCUT2D eigenvalue weighted by Crippen LogP contribution is -2.35. The molecule has 1 atom stereocenters. The monoisotopic (exact) mass is 292 g/mol. The van der Waals surface area contributed by atoms with E-state index in [1.54, 1.807) is 6.92 Å². The predicted molar refractivity (Wildman–Crippen MR) is 69.2 cm³/mol. The average Bonchev–Trinajstić information content (AvgIpc) is 2.26. The molecule has 0 bridgehead atoms. The van der Waals surface area contributed by atoms with Crippen molar-refractivity contribution in [3.05, 3.63) is 23.3 Å². The van der Waals surface area contributed by atoms with Crippen molar-refractivity contribution in [1.29, 1.82) is 0 Å². The summed E-state index contributed by atoms with van der Waals surface area (Å²) in [6, 6.07) is 0. The number of aliphatic carboxylic acids is 1. The number of halogens is 3. The molecule has 0 aromatic heterocycles. The van der Waals surface area contributed by atoms with E-state index >= 15 is 0 Å². The van der Waals surface area contributed by atoms with Gasteiger partial charge in [0.2, 0.25) is 0 Å². The Bertz CT molecular complexity index is 416. The maximum Gasteiger partial charge on any atom is 0.450 e. The largest absolute Gasteiger partial charge is 0.481 e. The lowest BCUT2D eigenvalue weighted by molar-refractivity contribution is -0.179. The van der Waals surface area contributed by atoms with Gasteiger partial charge in [-0.15, -0.1) is 0 Å². The van der Waals surface area contributed by atoms with Gasteiger partial charge in [-0.25, -0.2) is 0 Å². The molecule has 0 rings (SSSR count). The van der Waals surface area contributed by atoms with Gasteiger partial charge in [0.25, 0.3) is 5.78 Å². The van der Waals surface area contributed by atoms with Gasteiger partial charge in [0.1, 0.15) is 5.92 Å². The summed E-state index contributed by atoms with van der Waals surface area (Å²) in [6.07, 6.45) is -0.831. The van der Waals surface area contributed by atoms with Crippen LogP contribution in [0.5, 0.6) is 0 Å². The molecule has 0 fully saturated rings. The average molecular weight is 292 g/mol. The van der Waals surface area contributed by atoms with Crippen LogP contribution in [-0.4, -0.2) is 23.0 Å². The second kappa shape index (κ2) is 7.87. The second-order valence-corrected chi connectivity index (χ2v) is 4.86. The second-order valence-electron chi connectivity index (χ2n) is 4.86. The molecule has 0 heterocycles. The van der Waals surface area contributed by atoms with Crippen LogP contribution in [0.3, 0.4) is 0 Å². The molecule has 3 nitrogen and oxygen atoms in total. The number of carboxylic acids is 1. The highest BCUT2D eigenvalue weighted by molar-refractivity contribution is 6.01. The van der Waals surface area contributed by atoms with Crippen molar-refractivity contribution in [3.8, 4) is 0 Å². The number of rotatable bonds is 7. The van der Waals surface area contributed by atoms with Crippen molar-refractivity contribution in [2.45, 2.75) is 46.2 Å². The molecule has 0 aliphatic heterocycles. The molecule has 0 aromatic carbocycles. The fourth-order valence-electron chi connectivity index (χ4n) is 1.53. The lowest BCUT2D eigenvalue weighted by Gasteiger charge is -2.12. The summed E-state index contributed by atoms with van der Waals surface area (Å²) in [5.41, 5.74) is 1.90. The molecule has 20 heavy (non-hydrogen) atoms. The molecule has 0 saturated heterocycles. The normalized spacial score (nSPS) is 13.8. The van der Waals surface area contributed by atoms with Crippen LogP contribution in [0.25, 0.3) is 0 Å². The number of ketones is 1. The third-order valence-electron chi connectivity index (χ3n) is 2.69. The predicted octanol–water partition coefficient (Wildman–Crippen LogP) is 3.90. The van der Waals surface area contributed by atoms with E-state index in [1.807, 2.05) is 19.9 Å². The molecule has 0 saturated carbocycles. The maximum absolute atomic E-state index is 12.2. The van der Waals surface area contributed by atoms with Gasteiger partial charge in [-0.05, 0) is 40.0 Å². The van der Waals surface area contributed by atoms with Gasteiger partial charge < -0.3 is 5.11 Å². The van der Waals surface area contributed by atoms with Crippen molar-refractivity contribution in [1.82, 2.24) is 0 Å². The van der Waals surface area contributed by atoms with Gasteiger partial charge >= 0.3 is 12.1 Å². The number of Topliss-reactive ketones (excluding diaryl/α,β-unsaturated/α-hetero) is 1. The highest BCUT2D eigenvalue weighted by Gasteiger charge is 2.45. The molecular weight excluding hydrogens is 273 g/mol. The molecule has 6 heteroatoms.